The van der Waals surface area contributed by atoms with E-state index in [9.17, 15) is 4.79 Å². The molecule has 21 heavy (non-hydrogen) atoms. The minimum Gasteiger partial charge on any atom is -0.441 e. The zero-order valence-electron chi connectivity index (χ0n) is 11.7. The molecular weight excluding hydrogens is 272 g/mol. The standard InChI is InChI=1S/C15H16N2O4/c1-10-16-8-13(21-10)11-2-4-12(5-3-11)17-15(18)14-9-19-6-7-20-14/h2-5,8,14H,6-7,9H2,1H3,(H,17,18)/t14-/m1/s1. The Morgan fingerprint density at radius 1 is 1.29 bits per heavy atom. The summed E-state index contributed by atoms with van der Waals surface area (Å²) in [6.45, 7) is 3.07. The molecule has 6 heteroatoms. The maximum atomic E-state index is 12.0. The number of oxazole rings is 1. The zero-order valence-corrected chi connectivity index (χ0v) is 11.7. The van der Waals surface area contributed by atoms with E-state index in [-0.39, 0.29) is 5.91 Å². The lowest BCUT2D eigenvalue weighted by Crippen LogP contribution is -2.39. The summed E-state index contributed by atoms with van der Waals surface area (Å²) in [7, 11) is 0. The third kappa shape index (κ3) is 3.29. The van der Waals surface area contributed by atoms with Crippen molar-refractivity contribution in [1.29, 1.82) is 0 Å². The Balaban J connectivity index is 1.65. The first-order chi connectivity index (χ1) is 10.2. The van der Waals surface area contributed by atoms with Gasteiger partial charge >= 0.3 is 0 Å². The summed E-state index contributed by atoms with van der Waals surface area (Å²) < 4.78 is 16.0. The lowest BCUT2D eigenvalue weighted by Gasteiger charge is -2.22. The predicted molar refractivity (Wildman–Crippen MR) is 75.9 cm³/mol. The SMILES string of the molecule is Cc1ncc(-c2ccc(NC(=O)[C@H]3COCCO3)cc2)o1. The predicted octanol–water partition coefficient (Wildman–Crippen LogP) is 2.00. The molecule has 1 fully saturated rings. The van der Waals surface area contributed by atoms with Gasteiger partial charge in [-0.3, -0.25) is 4.79 Å². The van der Waals surface area contributed by atoms with Gasteiger partial charge in [-0.2, -0.15) is 0 Å². The van der Waals surface area contributed by atoms with Crippen LogP contribution in [0, 0.1) is 6.92 Å². The van der Waals surface area contributed by atoms with Crippen LogP contribution in [0.25, 0.3) is 11.3 Å². The quantitative estimate of drug-likeness (QED) is 0.935. The van der Waals surface area contributed by atoms with Crippen LogP contribution in [0.15, 0.2) is 34.9 Å². The smallest absolute Gasteiger partial charge is 0.255 e. The molecule has 110 valence electrons. The van der Waals surface area contributed by atoms with Crippen LogP contribution in [0.5, 0.6) is 0 Å². The first kappa shape index (κ1) is 13.8. The van der Waals surface area contributed by atoms with E-state index in [2.05, 4.69) is 10.3 Å². The van der Waals surface area contributed by atoms with Crippen molar-refractivity contribution in [3.8, 4) is 11.3 Å². The van der Waals surface area contributed by atoms with E-state index in [0.29, 0.717) is 37.2 Å². The van der Waals surface area contributed by atoms with Gasteiger partial charge in [-0.05, 0) is 24.3 Å². The molecule has 0 bridgehead atoms. The number of benzene rings is 1. The van der Waals surface area contributed by atoms with E-state index in [1.165, 1.54) is 0 Å². The number of hydrogen-bond acceptors (Lipinski definition) is 5. The average molecular weight is 288 g/mol. The topological polar surface area (TPSA) is 73.6 Å². The number of anilines is 1. The third-order valence-electron chi connectivity index (χ3n) is 3.17. The number of nitrogens with one attached hydrogen (secondary N) is 1. The second-order valence-corrected chi connectivity index (χ2v) is 4.74. The molecule has 3 rings (SSSR count). The minimum absolute atomic E-state index is 0.196. The number of aromatic nitrogens is 1. The summed E-state index contributed by atoms with van der Waals surface area (Å²) in [5, 5.41) is 2.81. The lowest BCUT2D eigenvalue weighted by atomic mass is 10.1. The molecule has 0 unspecified atom stereocenters. The van der Waals surface area contributed by atoms with Crippen LogP contribution in [0.2, 0.25) is 0 Å². The van der Waals surface area contributed by atoms with E-state index in [1.54, 1.807) is 13.1 Å². The summed E-state index contributed by atoms with van der Waals surface area (Å²) in [6.07, 6.45) is 1.13. The second-order valence-electron chi connectivity index (χ2n) is 4.74. The first-order valence-corrected chi connectivity index (χ1v) is 6.75. The van der Waals surface area contributed by atoms with Gasteiger partial charge in [0.05, 0.1) is 26.0 Å². The molecule has 2 heterocycles. The van der Waals surface area contributed by atoms with Crippen molar-refractivity contribution in [3.05, 3.63) is 36.4 Å². The van der Waals surface area contributed by atoms with Gasteiger partial charge < -0.3 is 19.2 Å². The number of carbonyl (C=O) groups is 1. The number of ether oxygens (including phenoxy) is 2. The summed E-state index contributed by atoms with van der Waals surface area (Å²) >= 11 is 0. The van der Waals surface area contributed by atoms with Crippen LogP contribution in [0.4, 0.5) is 5.69 Å². The molecular formula is C15H16N2O4. The number of hydrogen-bond donors (Lipinski definition) is 1. The normalized spacial score (nSPS) is 18.4. The largest absolute Gasteiger partial charge is 0.441 e. The van der Waals surface area contributed by atoms with Gasteiger partial charge in [-0.25, -0.2) is 4.98 Å². The molecule has 0 aliphatic carbocycles. The van der Waals surface area contributed by atoms with E-state index in [1.807, 2.05) is 24.3 Å². The Morgan fingerprint density at radius 3 is 2.71 bits per heavy atom. The summed E-state index contributed by atoms with van der Waals surface area (Å²) in [5.74, 6) is 1.13. The maximum Gasteiger partial charge on any atom is 0.255 e. The van der Waals surface area contributed by atoms with Gasteiger partial charge in [0.15, 0.2) is 17.8 Å². The van der Waals surface area contributed by atoms with Gasteiger partial charge in [0.25, 0.3) is 5.91 Å². The van der Waals surface area contributed by atoms with Crippen LogP contribution < -0.4 is 5.32 Å². The Bertz CT molecular complexity index is 615. The second kappa shape index (κ2) is 6.07. The van der Waals surface area contributed by atoms with Crippen LogP contribution in [0.1, 0.15) is 5.89 Å². The Morgan fingerprint density at radius 2 is 2.10 bits per heavy atom. The lowest BCUT2D eigenvalue weighted by molar-refractivity contribution is -0.142. The molecule has 1 aromatic carbocycles. The monoisotopic (exact) mass is 288 g/mol. The Labute approximate surface area is 122 Å². The van der Waals surface area contributed by atoms with Crippen LogP contribution in [0.3, 0.4) is 0 Å². The highest BCUT2D eigenvalue weighted by Gasteiger charge is 2.22. The highest BCUT2D eigenvalue weighted by atomic mass is 16.6. The van der Waals surface area contributed by atoms with E-state index >= 15 is 0 Å². The van der Waals surface area contributed by atoms with Gasteiger partial charge in [0.1, 0.15) is 0 Å². The molecule has 1 amide bonds. The van der Waals surface area contributed by atoms with Crippen LogP contribution in [-0.2, 0) is 14.3 Å². The van der Waals surface area contributed by atoms with Crippen molar-refractivity contribution in [2.75, 3.05) is 25.1 Å². The molecule has 6 nitrogen and oxygen atoms in total. The molecule has 2 aromatic rings. The Kier molecular flexibility index (Phi) is 3.98. The summed E-state index contributed by atoms with van der Waals surface area (Å²) in [5.41, 5.74) is 1.61. The molecule has 1 saturated heterocycles. The molecule has 0 saturated carbocycles. The number of rotatable bonds is 3. The van der Waals surface area contributed by atoms with Crippen molar-refractivity contribution in [2.24, 2.45) is 0 Å². The van der Waals surface area contributed by atoms with E-state index in [0.717, 1.165) is 5.56 Å². The highest BCUT2D eigenvalue weighted by molar-refractivity contribution is 5.94. The maximum absolute atomic E-state index is 12.0. The van der Waals surface area contributed by atoms with Gasteiger partial charge in [0.2, 0.25) is 0 Å². The Hall–Kier alpha value is -2.18. The molecule has 0 spiro atoms. The third-order valence-corrected chi connectivity index (χ3v) is 3.17. The van der Waals surface area contributed by atoms with Crippen LogP contribution >= 0.6 is 0 Å². The van der Waals surface area contributed by atoms with Gasteiger partial charge in [0, 0.05) is 18.2 Å². The van der Waals surface area contributed by atoms with E-state index in [4.69, 9.17) is 13.9 Å². The highest BCUT2D eigenvalue weighted by Crippen LogP contribution is 2.22. The number of aryl methyl sites for hydroxylation is 1. The van der Waals surface area contributed by atoms with Gasteiger partial charge in [-0.1, -0.05) is 0 Å². The molecule has 1 atom stereocenters. The van der Waals surface area contributed by atoms with Crippen molar-refractivity contribution in [2.45, 2.75) is 13.0 Å². The zero-order chi connectivity index (χ0) is 14.7. The van der Waals surface area contributed by atoms with Crippen molar-refractivity contribution < 1.29 is 18.7 Å². The fourth-order valence-electron chi connectivity index (χ4n) is 2.07. The molecule has 1 aliphatic rings. The molecule has 1 aliphatic heterocycles. The van der Waals surface area contributed by atoms with Crippen molar-refractivity contribution in [3.63, 3.8) is 0 Å². The first-order valence-electron chi connectivity index (χ1n) is 6.75. The van der Waals surface area contributed by atoms with E-state index < -0.39 is 6.10 Å². The van der Waals surface area contributed by atoms with Crippen LogP contribution in [-0.4, -0.2) is 36.8 Å². The fraction of sp³-hybridized carbons (Fsp3) is 0.333. The van der Waals surface area contributed by atoms with Crippen molar-refractivity contribution in [1.82, 2.24) is 4.98 Å². The number of carbonyl (C=O) groups excluding carboxylic acids is 1. The molecule has 0 radical (unpaired) electrons. The molecule has 1 N–H and O–H groups in total. The van der Waals surface area contributed by atoms with Crippen molar-refractivity contribution >= 4 is 11.6 Å². The molecule has 1 aromatic heterocycles. The number of nitrogens with zero attached hydrogens (tertiary/aromatic N) is 1. The minimum atomic E-state index is -0.546. The average Bonchev–Trinajstić information content (AvgIpc) is 2.95. The summed E-state index contributed by atoms with van der Waals surface area (Å²) in [4.78, 5) is 16.0. The fourth-order valence-corrected chi connectivity index (χ4v) is 2.07. The summed E-state index contributed by atoms with van der Waals surface area (Å²) in [6, 6.07) is 7.37. The number of amides is 1. The van der Waals surface area contributed by atoms with Gasteiger partial charge in [-0.15, -0.1) is 0 Å².